The number of aryl methyl sites for hydroxylation is 1. The lowest BCUT2D eigenvalue weighted by Gasteiger charge is -2.22. The highest BCUT2D eigenvalue weighted by Crippen LogP contribution is 2.44. The Morgan fingerprint density at radius 1 is 1.10 bits per heavy atom. The Morgan fingerprint density at radius 3 is 2.55 bits per heavy atom. The third-order valence-electron chi connectivity index (χ3n) is 4.91. The molecule has 7 nitrogen and oxygen atoms in total. The number of thiophene rings is 1. The number of para-hydroxylation sites is 1. The maximum absolute atomic E-state index is 12.8. The summed E-state index contributed by atoms with van der Waals surface area (Å²) in [5.41, 5.74) is 0.918. The van der Waals surface area contributed by atoms with Crippen LogP contribution in [0.1, 0.15) is 59.8 Å². The molecule has 0 spiro atoms. The van der Waals surface area contributed by atoms with Gasteiger partial charge in [-0.15, -0.1) is 11.3 Å². The Labute approximate surface area is 185 Å². The molecule has 1 aliphatic rings. The van der Waals surface area contributed by atoms with Crippen LogP contribution in [0.3, 0.4) is 0 Å². The van der Waals surface area contributed by atoms with Gasteiger partial charge in [0.05, 0.1) is 37.7 Å². The average molecular weight is 446 g/mol. The van der Waals surface area contributed by atoms with E-state index in [1.807, 2.05) is 30.3 Å². The number of carbonyl (C=O) groups is 3. The minimum atomic E-state index is -0.535. The molecule has 1 aromatic heterocycles. The Kier molecular flexibility index (Phi) is 8.06. The van der Waals surface area contributed by atoms with Crippen molar-refractivity contribution < 1.29 is 28.6 Å². The molecule has 31 heavy (non-hydrogen) atoms. The van der Waals surface area contributed by atoms with Gasteiger partial charge in [-0.3, -0.25) is 9.59 Å². The predicted molar refractivity (Wildman–Crippen MR) is 118 cm³/mol. The van der Waals surface area contributed by atoms with Gasteiger partial charge < -0.3 is 19.5 Å². The zero-order valence-corrected chi connectivity index (χ0v) is 18.6. The average Bonchev–Trinajstić information content (AvgIpc) is 3.12. The Hall–Kier alpha value is -2.87. The molecule has 166 valence electrons. The van der Waals surface area contributed by atoms with Gasteiger partial charge in [0, 0.05) is 4.88 Å². The fourth-order valence-electron chi connectivity index (χ4n) is 3.60. The highest BCUT2D eigenvalue weighted by Gasteiger charge is 2.36. The summed E-state index contributed by atoms with van der Waals surface area (Å²) in [5.74, 6) is -0.987. The lowest BCUT2D eigenvalue weighted by molar-refractivity contribution is -0.145. The van der Waals surface area contributed by atoms with Crippen LogP contribution in [0.25, 0.3) is 0 Å². The molecule has 0 fully saturated rings. The van der Waals surface area contributed by atoms with Crippen molar-refractivity contribution in [3.05, 3.63) is 46.3 Å². The van der Waals surface area contributed by atoms with E-state index in [0.717, 1.165) is 17.7 Å². The summed E-state index contributed by atoms with van der Waals surface area (Å²) in [6.07, 6.45) is 2.29. The molecule has 0 bridgehead atoms. The number of amides is 1. The van der Waals surface area contributed by atoms with Crippen LogP contribution in [0.5, 0.6) is 5.75 Å². The van der Waals surface area contributed by atoms with E-state index in [-0.39, 0.29) is 43.7 Å². The third-order valence-corrected chi connectivity index (χ3v) is 6.09. The molecule has 0 radical (unpaired) electrons. The van der Waals surface area contributed by atoms with E-state index < -0.39 is 11.9 Å². The Balaban J connectivity index is 1.78. The molecule has 1 unspecified atom stereocenters. The molecule has 1 N–H and O–H groups in total. The number of esters is 2. The molecule has 1 heterocycles. The van der Waals surface area contributed by atoms with Gasteiger partial charge >= 0.3 is 11.9 Å². The second-order valence-corrected chi connectivity index (χ2v) is 8.13. The SMILES string of the molecule is CCOC(=O)c1c(NC(=O)CCOc2ccccc2)sc2c1C(C(=O)OCC)CCC2. The van der Waals surface area contributed by atoms with Crippen molar-refractivity contribution in [1.29, 1.82) is 0 Å². The maximum Gasteiger partial charge on any atom is 0.341 e. The van der Waals surface area contributed by atoms with Crippen molar-refractivity contribution in [2.24, 2.45) is 0 Å². The van der Waals surface area contributed by atoms with Gasteiger partial charge in [0.1, 0.15) is 10.8 Å². The van der Waals surface area contributed by atoms with Gasteiger partial charge in [-0.2, -0.15) is 0 Å². The lowest BCUT2D eigenvalue weighted by atomic mass is 9.85. The molecule has 3 rings (SSSR count). The van der Waals surface area contributed by atoms with Gasteiger partial charge in [0.2, 0.25) is 5.91 Å². The number of ether oxygens (including phenoxy) is 3. The number of rotatable bonds is 9. The summed E-state index contributed by atoms with van der Waals surface area (Å²) in [4.78, 5) is 38.7. The van der Waals surface area contributed by atoms with E-state index in [1.165, 1.54) is 11.3 Å². The van der Waals surface area contributed by atoms with Crippen LogP contribution in [0, 0.1) is 0 Å². The molecule has 2 aromatic rings. The second-order valence-electron chi connectivity index (χ2n) is 7.02. The lowest BCUT2D eigenvalue weighted by Crippen LogP contribution is -2.23. The van der Waals surface area contributed by atoms with E-state index in [2.05, 4.69) is 5.32 Å². The van der Waals surface area contributed by atoms with E-state index >= 15 is 0 Å². The van der Waals surface area contributed by atoms with Crippen molar-refractivity contribution >= 4 is 34.2 Å². The van der Waals surface area contributed by atoms with Crippen LogP contribution in [0.4, 0.5) is 5.00 Å². The normalized spacial score (nSPS) is 15.0. The highest BCUT2D eigenvalue weighted by molar-refractivity contribution is 7.17. The molecule has 8 heteroatoms. The van der Waals surface area contributed by atoms with Gasteiger partial charge in [-0.1, -0.05) is 18.2 Å². The van der Waals surface area contributed by atoms with Gasteiger partial charge in [0.25, 0.3) is 0 Å². The fraction of sp³-hybridized carbons (Fsp3) is 0.435. The topological polar surface area (TPSA) is 90.9 Å². The van der Waals surface area contributed by atoms with Crippen LogP contribution in [-0.4, -0.2) is 37.7 Å². The molecule has 0 aliphatic heterocycles. The number of fused-ring (bicyclic) bond motifs is 1. The first kappa shape index (κ1) is 22.8. The highest BCUT2D eigenvalue weighted by atomic mass is 32.1. The number of nitrogens with one attached hydrogen (secondary N) is 1. The largest absolute Gasteiger partial charge is 0.493 e. The van der Waals surface area contributed by atoms with E-state index in [1.54, 1.807) is 13.8 Å². The molecule has 1 atom stereocenters. The number of carbonyl (C=O) groups excluding carboxylic acids is 3. The van der Waals surface area contributed by atoms with Gasteiger partial charge in [-0.05, 0) is 50.8 Å². The van der Waals surface area contributed by atoms with Crippen molar-refractivity contribution in [1.82, 2.24) is 0 Å². The monoisotopic (exact) mass is 445 g/mol. The number of benzene rings is 1. The molecular formula is C23H27NO6S. The summed E-state index contributed by atoms with van der Waals surface area (Å²) in [6, 6.07) is 9.24. The molecule has 1 aromatic carbocycles. The first-order chi connectivity index (χ1) is 15.0. The van der Waals surface area contributed by atoms with Crippen molar-refractivity contribution in [2.45, 2.75) is 45.4 Å². The zero-order valence-electron chi connectivity index (χ0n) is 17.8. The molecule has 1 amide bonds. The Morgan fingerprint density at radius 2 is 1.84 bits per heavy atom. The maximum atomic E-state index is 12.8. The number of hydrogen-bond donors (Lipinski definition) is 1. The summed E-state index contributed by atoms with van der Waals surface area (Å²) < 4.78 is 16.0. The summed E-state index contributed by atoms with van der Waals surface area (Å²) in [7, 11) is 0. The first-order valence-corrected chi connectivity index (χ1v) is 11.3. The number of anilines is 1. The molecule has 0 saturated carbocycles. The number of hydrogen-bond acceptors (Lipinski definition) is 7. The minimum absolute atomic E-state index is 0.126. The second kappa shape index (κ2) is 10.9. The van der Waals surface area contributed by atoms with Crippen LogP contribution >= 0.6 is 11.3 Å². The van der Waals surface area contributed by atoms with Gasteiger partial charge in [-0.25, -0.2) is 4.79 Å². The first-order valence-electron chi connectivity index (χ1n) is 10.5. The third kappa shape index (κ3) is 5.64. The summed E-state index contributed by atoms with van der Waals surface area (Å²) in [6.45, 7) is 4.16. The molecule has 0 saturated heterocycles. The standard InChI is InChI=1S/C23H27NO6S/c1-3-28-22(26)16-11-8-12-17-19(16)20(23(27)29-4-2)21(31-17)24-18(25)13-14-30-15-9-6-5-7-10-15/h5-7,9-10,16H,3-4,8,11-14H2,1-2H3,(H,24,25). The zero-order chi connectivity index (χ0) is 22.2. The van der Waals surface area contributed by atoms with Crippen molar-refractivity contribution in [3.63, 3.8) is 0 Å². The predicted octanol–water partition coefficient (Wildman–Crippen LogP) is 4.32. The van der Waals surface area contributed by atoms with E-state index in [9.17, 15) is 14.4 Å². The van der Waals surface area contributed by atoms with Crippen LogP contribution in [0.15, 0.2) is 30.3 Å². The fourth-order valence-corrected chi connectivity index (χ4v) is 4.90. The Bertz CT molecular complexity index is 924. The van der Waals surface area contributed by atoms with E-state index in [0.29, 0.717) is 22.7 Å². The van der Waals surface area contributed by atoms with Gasteiger partial charge in [0.15, 0.2) is 0 Å². The van der Waals surface area contributed by atoms with Crippen molar-refractivity contribution in [2.75, 3.05) is 25.1 Å². The van der Waals surface area contributed by atoms with E-state index in [4.69, 9.17) is 14.2 Å². The summed E-state index contributed by atoms with van der Waals surface area (Å²) >= 11 is 1.33. The van der Waals surface area contributed by atoms with Crippen LogP contribution in [-0.2, 0) is 25.5 Å². The smallest absolute Gasteiger partial charge is 0.341 e. The quantitative estimate of drug-likeness (QED) is 0.578. The van der Waals surface area contributed by atoms with Crippen molar-refractivity contribution in [3.8, 4) is 5.75 Å². The molecule has 1 aliphatic carbocycles. The molecular weight excluding hydrogens is 418 g/mol. The minimum Gasteiger partial charge on any atom is -0.493 e. The van der Waals surface area contributed by atoms with Crippen LogP contribution < -0.4 is 10.1 Å². The van der Waals surface area contributed by atoms with Crippen LogP contribution in [0.2, 0.25) is 0 Å². The summed E-state index contributed by atoms with van der Waals surface area (Å²) in [5, 5.41) is 3.25.